The zero-order chi connectivity index (χ0) is 21.8. The Bertz CT molecular complexity index is 836. The van der Waals surface area contributed by atoms with E-state index in [-0.39, 0.29) is 18.5 Å². The Morgan fingerprint density at radius 2 is 1.94 bits per heavy atom. The maximum Gasteiger partial charge on any atom is 0.225 e. The van der Waals surface area contributed by atoms with E-state index in [1.54, 1.807) is 11.8 Å². The summed E-state index contributed by atoms with van der Waals surface area (Å²) < 4.78 is 13.0. The van der Waals surface area contributed by atoms with E-state index in [0.717, 1.165) is 37.6 Å². The Hall–Kier alpha value is -1.74. The van der Waals surface area contributed by atoms with E-state index in [9.17, 15) is 9.50 Å². The number of halogens is 1. The van der Waals surface area contributed by atoms with Gasteiger partial charge in [-0.3, -0.25) is 4.90 Å². The average molecular weight is 446 g/mol. The van der Waals surface area contributed by atoms with Crippen LogP contribution in [0.2, 0.25) is 0 Å². The van der Waals surface area contributed by atoms with Crippen molar-refractivity contribution in [2.45, 2.75) is 43.3 Å². The molecule has 2 N–H and O–H groups in total. The molecule has 2 aliphatic rings. The molecule has 1 atom stereocenters. The lowest BCUT2D eigenvalue weighted by Crippen LogP contribution is -2.65. The maximum atomic E-state index is 13.0. The van der Waals surface area contributed by atoms with Crippen LogP contribution in [0.4, 0.5) is 10.3 Å². The fourth-order valence-corrected chi connectivity index (χ4v) is 5.13. The van der Waals surface area contributed by atoms with Crippen LogP contribution in [0.15, 0.2) is 41.6 Å². The minimum Gasteiger partial charge on any atom is -0.394 e. The summed E-state index contributed by atoms with van der Waals surface area (Å²) in [6.07, 6.45) is 8.09. The van der Waals surface area contributed by atoms with Crippen molar-refractivity contribution in [1.82, 2.24) is 20.2 Å². The van der Waals surface area contributed by atoms with Crippen LogP contribution in [0.1, 0.15) is 25.3 Å². The first-order valence-corrected chi connectivity index (χ1v) is 12.2. The zero-order valence-corrected chi connectivity index (χ0v) is 19.1. The van der Waals surface area contributed by atoms with Gasteiger partial charge in [0, 0.05) is 56.1 Å². The predicted octanol–water partition coefficient (Wildman–Crippen LogP) is 2.78. The Balaban J connectivity index is 1.19. The lowest BCUT2D eigenvalue weighted by Gasteiger charge is -2.59. The van der Waals surface area contributed by atoms with Gasteiger partial charge in [0.25, 0.3) is 0 Å². The van der Waals surface area contributed by atoms with Gasteiger partial charge in [0.15, 0.2) is 0 Å². The van der Waals surface area contributed by atoms with Crippen LogP contribution in [0.3, 0.4) is 0 Å². The smallest absolute Gasteiger partial charge is 0.225 e. The first-order valence-electron chi connectivity index (χ1n) is 10.9. The van der Waals surface area contributed by atoms with Gasteiger partial charge in [-0.1, -0.05) is 12.1 Å². The SMILES string of the molecule is CSc1cnc(N(CCNC2CC3(C2)CN(Cc2ccc(F)cc2)C3)C(C)CO)nc1. The highest BCUT2D eigenvalue weighted by Crippen LogP contribution is 2.48. The van der Waals surface area contributed by atoms with E-state index < -0.39 is 0 Å². The molecular formula is C23H32FN5OS. The molecule has 31 heavy (non-hydrogen) atoms. The molecule has 1 aliphatic heterocycles. The molecule has 1 saturated carbocycles. The van der Waals surface area contributed by atoms with Crippen molar-refractivity contribution in [3.8, 4) is 0 Å². The lowest BCUT2D eigenvalue weighted by molar-refractivity contribution is -0.0827. The second-order valence-electron chi connectivity index (χ2n) is 8.98. The van der Waals surface area contributed by atoms with Gasteiger partial charge in [-0.05, 0) is 49.1 Å². The van der Waals surface area contributed by atoms with Crippen molar-refractivity contribution in [3.63, 3.8) is 0 Å². The Morgan fingerprint density at radius 3 is 2.55 bits per heavy atom. The number of hydrogen-bond acceptors (Lipinski definition) is 7. The van der Waals surface area contributed by atoms with Crippen molar-refractivity contribution in [2.24, 2.45) is 5.41 Å². The van der Waals surface area contributed by atoms with Gasteiger partial charge in [0.05, 0.1) is 12.6 Å². The van der Waals surface area contributed by atoms with E-state index in [0.29, 0.717) is 17.4 Å². The molecule has 168 valence electrons. The molecule has 2 heterocycles. The van der Waals surface area contributed by atoms with Crippen molar-refractivity contribution in [2.75, 3.05) is 43.9 Å². The molecule has 1 aromatic carbocycles. The number of hydrogen-bond donors (Lipinski definition) is 2. The molecule has 1 saturated heterocycles. The molecule has 8 heteroatoms. The van der Waals surface area contributed by atoms with Crippen LogP contribution in [-0.4, -0.2) is 71.1 Å². The summed E-state index contributed by atoms with van der Waals surface area (Å²) >= 11 is 1.62. The summed E-state index contributed by atoms with van der Waals surface area (Å²) in [5, 5.41) is 13.3. The summed E-state index contributed by atoms with van der Waals surface area (Å²) in [6, 6.07) is 7.36. The van der Waals surface area contributed by atoms with Gasteiger partial charge >= 0.3 is 0 Å². The van der Waals surface area contributed by atoms with Crippen molar-refractivity contribution in [1.29, 1.82) is 0 Å². The number of anilines is 1. The van der Waals surface area contributed by atoms with E-state index in [4.69, 9.17) is 0 Å². The van der Waals surface area contributed by atoms with Gasteiger partial charge < -0.3 is 15.3 Å². The minimum absolute atomic E-state index is 0.0266. The molecule has 6 nitrogen and oxygen atoms in total. The molecule has 2 aromatic rings. The lowest BCUT2D eigenvalue weighted by atomic mass is 9.60. The highest BCUT2D eigenvalue weighted by Gasteiger charge is 2.51. The summed E-state index contributed by atoms with van der Waals surface area (Å²) in [7, 11) is 0. The summed E-state index contributed by atoms with van der Waals surface area (Å²) in [5.74, 6) is 0.494. The van der Waals surface area contributed by atoms with Crippen LogP contribution in [0.5, 0.6) is 0 Å². The summed E-state index contributed by atoms with van der Waals surface area (Å²) in [5.41, 5.74) is 1.64. The van der Waals surface area contributed by atoms with Crippen molar-refractivity contribution in [3.05, 3.63) is 48.0 Å². The third kappa shape index (κ3) is 5.37. The minimum atomic E-state index is -0.174. The van der Waals surface area contributed by atoms with E-state index in [2.05, 4.69) is 25.1 Å². The second kappa shape index (κ2) is 9.81. The van der Waals surface area contributed by atoms with Gasteiger partial charge in [0.2, 0.25) is 5.95 Å². The van der Waals surface area contributed by atoms with Crippen molar-refractivity contribution < 1.29 is 9.50 Å². The van der Waals surface area contributed by atoms with E-state index in [1.807, 2.05) is 37.7 Å². The van der Waals surface area contributed by atoms with E-state index >= 15 is 0 Å². The average Bonchev–Trinajstić information content (AvgIpc) is 2.74. The van der Waals surface area contributed by atoms with Gasteiger partial charge in [-0.25, -0.2) is 14.4 Å². The van der Waals surface area contributed by atoms with Gasteiger partial charge in [-0.15, -0.1) is 11.8 Å². The fourth-order valence-electron chi connectivity index (χ4n) is 4.82. The van der Waals surface area contributed by atoms with Crippen LogP contribution in [-0.2, 0) is 6.54 Å². The number of aromatic nitrogens is 2. The molecule has 1 spiro atoms. The highest BCUT2D eigenvalue weighted by atomic mass is 32.2. The number of nitrogens with one attached hydrogen (secondary N) is 1. The van der Waals surface area contributed by atoms with Crippen LogP contribution >= 0.6 is 11.8 Å². The molecule has 4 rings (SSSR count). The molecule has 1 aromatic heterocycles. The van der Waals surface area contributed by atoms with Crippen LogP contribution in [0.25, 0.3) is 0 Å². The van der Waals surface area contributed by atoms with Crippen molar-refractivity contribution >= 4 is 17.7 Å². The van der Waals surface area contributed by atoms with Crippen LogP contribution in [0, 0.1) is 11.2 Å². The summed E-state index contributed by atoms with van der Waals surface area (Å²) in [4.78, 5) is 14.5. The number of thioether (sulfide) groups is 1. The number of benzene rings is 1. The fraction of sp³-hybridized carbons (Fsp3) is 0.565. The van der Waals surface area contributed by atoms with Gasteiger partial charge in [0.1, 0.15) is 5.82 Å². The topological polar surface area (TPSA) is 64.5 Å². The molecule has 0 bridgehead atoms. The first-order chi connectivity index (χ1) is 15.0. The standard InChI is InChI=1S/C23H32FN5OS/c1-17(14-30)29(22-26-11-21(31-2)12-27-22)8-7-25-20-9-23(10-20)15-28(16-23)13-18-3-5-19(24)6-4-18/h3-6,11-12,17,20,25,30H,7-10,13-16H2,1-2H3. The highest BCUT2D eigenvalue weighted by molar-refractivity contribution is 7.98. The first kappa shape index (κ1) is 22.5. The number of likely N-dealkylation sites (tertiary alicyclic amines) is 1. The van der Waals surface area contributed by atoms with Gasteiger partial charge in [-0.2, -0.15) is 0 Å². The largest absolute Gasteiger partial charge is 0.394 e. The monoisotopic (exact) mass is 445 g/mol. The molecular weight excluding hydrogens is 413 g/mol. The molecule has 1 unspecified atom stereocenters. The Morgan fingerprint density at radius 1 is 1.26 bits per heavy atom. The third-order valence-electron chi connectivity index (χ3n) is 6.49. The molecule has 0 amide bonds. The number of nitrogens with zero attached hydrogens (tertiary/aromatic N) is 4. The Kier molecular flexibility index (Phi) is 7.11. The number of aliphatic hydroxyl groups is 1. The second-order valence-corrected chi connectivity index (χ2v) is 9.86. The van der Waals surface area contributed by atoms with E-state index in [1.165, 1.54) is 30.5 Å². The Labute approximate surface area is 188 Å². The zero-order valence-electron chi connectivity index (χ0n) is 18.3. The number of aliphatic hydroxyl groups excluding tert-OH is 1. The third-order valence-corrected chi connectivity index (χ3v) is 7.17. The normalized spacial score (nSPS) is 19.1. The molecule has 0 radical (unpaired) electrons. The molecule has 2 fully saturated rings. The maximum absolute atomic E-state index is 13.0. The summed E-state index contributed by atoms with van der Waals surface area (Å²) in [6.45, 7) is 6.85. The molecule has 1 aliphatic carbocycles. The quantitative estimate of drug-likeness (QED) is 0.545. The predicted molar refractivity (Wildman–Crippen MR) is 123 cm³/mol. The number of rotatable bonds is 10. The van der Waals surface area contributed by atoms with Crippen LogP contribution < -0.4 is 10.2 Å².